The molecule has 0 radical (unpaired) electrons. The molecule has 98 valence electrons. The fourth-order valence-electron chi connectivity index (χ4n) is 1.65. The highest BCUT2D eigenvalue weighted by atomic mass is 16.5. The third-order valence-electron chi connectivity index (χ3n) is 2.43. The molecule has 1 aromatic rings. The lowest BCUT2D eigenvalue weighted by Gasteiger charge is -2.22. The zero-order valence-electron chi connectivity index (χ0n) is 10.7. The van der Waals surface area contributed by atoms with Gasteiger partial charge in [-0.1, -0.05) is 30.4 Å². The Morgan fingerprint density at radius 1 is 1.17 bits per heavy atom. The van der Waals surface area contributed by atoms with Gasteiger partial charge in [-0.3, -0.25) is 4.90 Å². The van der Waals surface area contributed by atoms with Gasteiger partial charge in [-0.05, 0) is 12.1 Å². The number of hydrogen-bond donors (Lipinski definition) is 1. The van der Waals surface area contributed by atoms with Crippen LogP contribution in [0.25, 0.3) is 0 Å². The zero-order valence-corrected chi connectivity index (χ0v) is 10.7. The highest BCUT2D eigenvalue weighted by Crippen LogP contribution is 2.08. The Kier molecular flexibility index (Phi) is 6.84. The lowest BCUT2D eigenvalue weighted by Crippen LogP contribution is -2.35. The summed E-state index contributed by atoms with van der Waals surface area (Å²) in [5, 5.41) is 9.90. The number of aliphatic hydroxyl groups is 1. The van der Waals surface area contributed by atoms with Gasteiger partial charge < -0.3 is 9.84 Å². The van der Waals surface area contributed by atoms with Crippen LogP contribution in [0.2, 0.25) is 0 Å². The second-order valence-corrected chi connectivity index (χ2v) is 4.07. The minimum absolute atomic E-state index is 0.287. The standard InChI is InChI=1S/C15H21NO2/c1-3-10-16(11-4-2)12-14(17)13-18-15-8-6-5-7-9-15/h3-9,14,17H,1-2,10-13H2/t14-/m1/s1. The lowest BCUT2D eigenvalue weighted by molar-refractivity contribution is 0.0755. The Balaban J connectivity index is 2.33. The molecule has 3 nitrogen and oxygen atoms in total. The number of ether oxygens (including phenoxy) is 1. The van der Waals surface area contributed by atoms with Crippen molar-refractivity contribution in [3.05, 3.63) is 55.6 Å². The molecular weight excluding hydrogens is 226 g/mol. The van der Waals surface area contributed by atoms with E-state index in [2.05, 4.69) is 18.1 Å². The normalized spacial score (nSPS) is 12.1. The lowest BCUT2D eigenvalue weighted by atomic mass is 10.3. The monoisotopic (exact) mass is 247 g/mol. The molecule has 0 amide bonds. The quantitative estimate of drug-likeness (QED) is 0.678. The first-order chi connectivity index (χ1) is 8.76. The Bertz CT molecular complexity index is 341. The highest BCUT2D eigenvalue weighted by Gasteiger charge is 2.10. The van der Waals surface area contributed by atoms with Crippen LogP contribution in [0.5, 0.6) is 5.75 Å². The molecular formula is C15H21NO2. The molecule has 1 aromatic carbocycles. The largest absolute Gasteiger partial charge is 0.491 e. The molecule has 0 heterocycles. The molecule has 0 unspecified atom stereocenters. The summed E-state index contributed by atoms with van der Waals surface area (Å²) >= 11 is 0. The van der Waals surface area contributed by atoms with E-state index in [1.165, 1.54) is 0 Å². The van der Waals surface area contributed by atoms with E-state index in [1.807, 2.05) is 42.5 Å². The first-order valence-electron chi connectivity index (χ1n) is 6.06. The van der Waals surface area contributed by atoms with E-state index in [9.17, 15) is 5.11 Å². The summed E-state index contributed by atoms with van der Waals surface area (Å²) < 4.78 is 5.50. The first kappa shape index (κ1) is 14.5. The van der Waals surface area contributed by atoms with Crippen LogP contribution in [0, 0.1) is 0 Å². The summed E-state index contributed by atoms with van der Waals surface area (Å²) in [4.78, 5) is 2.05. The van der Waals surface area contributed by atoms with Gasteiger partial charge in [0.15, 0.2) is 0 Å². The zero-order chi connectivity index (χ0) is 13.2. The summed E-state index contributed by atoms with van der Waals surface area (Å²) in [5.74, 6) is 0.774. The second-order valence-electron chi connectivity index (χ2n) is 4.07. The molecule has 0 aliphatic carbocycles. The SMILES string of the molecule is C=CCN(CC=C)C[C@@H](O)COc1ccccc1. The minimum atomic E-state index is -0.523. The number of hydrogen-bond acceptors (Lipinski definition) is 3. The number of rotatable bonds is 9. The van der Waals surface area contributed by atoms with E-state index in [1.54, 1.807) is 0 Å². The summed E-state index contributed by atoms with van der Waals surface area (Å²) in [7, 11) is 0. The van der Waals surface area contributed by atoms with Crippen LogP contribution in [0.4, 0.5) is 0 Å². The van der Waals surface area contributed by atoms with Gasteiger partial charge in [0, 0.05) is 19.6 Å². The van der Waals surface area contributed by atoms with Crippen LogP contribution in [-0.2, 0) is 0 Å². The van der Waals surface area contributed by atoms with Crippen molar-refractivity contribution < 1.29 is 9.84 Å². The topological polar surface area (TPSA) is 32.7 Å². The first-order valence-corrected chi connectivity index (χ1v) is 6.06. The molecule has 3 heteroatoms. The van der Waals surface area contributed by atoms with Crippen LogP contribution < -0.4 is 4.74 Å². The van der Waals surface area contributed by atoms with E-state index >= 15 is 0 Å². The van der Waals surface area contributed by atoms with E-state index < -0.39 is 6.10 Å². The molecule has 1 N–H and O–H groups in total. The number of nitrogens with zero attached hydrogens (tertiary/aromatic N) is 1. The van der Waals surface area contributed by atoms with Crippen molar-refractivity contribution in [3.63, 3.8) is 0 Å². The summed E-state index contributed by atoms with van der Waals surface area (Å²) in [6.07, 6.45) is 3.10. The van der Waals surface area contributed by atoms with E-state index in [0.29, 0.717) is 6.54 Å². The fourth-order valence-corrected chi connectivity index (χ4v) is 1.65. The van der Waals surface area contributed by atoms with Crippen LogP contribution in [0.1, 0.15) is 0 Å². The van der Waals surface area contributed by atoms with Crippen molar-refractivity contribution in [3.8, 4) is 5.75 Å². The maximum Gasteiger partial charge on any atom is 0.119 e. The average Bonchev–Trinajstić information content (AvgIpc) is 2.38. The number of para-hydroxylation sites is 1. The van der Waals surface area contributed by atoms with Gasteiger partial charge >= 0.3 is 0 Å². The van der Waals surface area contributed by atoms with Crippen LogP contribution >= 0.6 is 0 Å². The van der Waals surface area contributed by atoms with Crippen molar-refractivity contribution in [1.29, 1.82) is 0 Å². The van der Waals surface area contributed by atoms with Crippen molar-refractivity contribution in [1.82, 2.24) is 4.90 Å². The molecule has 0 aliphatic heterocycles. The van der Waals surface area contributed by atoms with Crippen molar-refractivity contribution in [2.24, 2.45) is 0 Å². The predicted molar refractivity (Wildman–Crippen MR) is 74.8 cm³/mol. The van der Waals surface area contributed by atoms with Gasteiger partial charge in [-0.2, -0.15) is 0 Å². The molecule has 0 spiro atoms. The fraction of sp³-hybridized carbons (Fsp3) is 0.333. The van der Waals surface area contributed by atoms with Crippen LogP contribution in [-0.4, -0.2) is 42.4 Å². The van der Waals surface area contributed by atoms with Gasteiger partial charge in [0.05, 0.1) is 0 Å². The molecule has 0 aromatic heterocycles. The third-order valence-corrected chi connectivity index (χ3v) is 2.43. The van der Waals surface area contributed by atoms with Gasteiger partial charge in [-0.25, -0.2) is 0 Å². The molecule has 0 aliphatic rings. The van der Waals surface area contributed by atoms with E-state index in [4.69, 9.17) is 4.74 Å². The van der Waals surface area contributed by atoms with Crippen LogP contribution in [0.3, 0.4) is 0 Å². The molecule has 0 bridgehead atoms. The Morgan fingerprint density at radius 2 is 1.78 bits per heavy atom. The summed E-state index contributed by atoms with van der Waals surface area (Å²) in [6, 6.07) is 9.49. The Hall–Kier alpha value is -1.58. The maximum atomic E-state index is 9.90. The van der Waals surface area contributed by atoms with E-state index in [-0.39, 0.29) is 6.61 Å². The highest BCUT2D eigenvalue weighted by molar-refractivity contribution is 5.20. The second kappa shape index (κ2) is 8.50. The maximum absolute atomic E-state index is 9.90. The molecule has 1 rings (SSSR count). The van der Waals surface area contributed by atoms with Gasteiger partial charge in [-0.15, -0.1) is 13.2 Å². The molecule has 0 saturated carbocycles. The van der Waals surface area contributed by atoms with Gasteiger partial charge in [0.2, 0.25) is 0 Å². The van der Waals surface area contributed by atoms with E-state index in [0.717, 1.165) is 18.8 Å². The minimum Gasteiger partial charge on any atom is -0.491 e. The Morgan fingerprint density at radius 3 is 2.33 bits per heavy atom. The van der Waals surface area contributed by atoms with Crippen molar-refractivity contribution in [2.45, 2.75) is 6.10 Å². The van der Waals surface area contributed by atoms with Crippen molar-refractivity contribution in [2.75, 3.05) is 26.2 Å². The van der Waals surface area contributed by atoms with Gasteiger partial charge in [0.25, 0.3) is 0 Å². The van der Waals surface area contributed by atoms with Gasteiger partial charge in [0.1, 0.15) is 18.5 Å². The van der Waals surface area contributed by atoms with Crippen molar-refractivity contribution >= 4 is 0 Å². The average molecular weight is 247 g/mol. The molecule has 18 heavy (non-hydrogen) atoms. The predicted octanol–water partition coefficient (Wildman–Crippen LogP) is 2.10. The molecule has 0 fully saturated rings. The Labute approximate surface area is 109 Å². The number of aliphatic hydroxyl groups excluding tert-OH is 1. The smallest absolute Gasteiger partial charge is 0.119 e. The van der Waals surface area contributed by atoms with Crippen LogP contribution in [0.15, 0.2) is 55.6 Å². The molecule has 0 saturated heterocycles. The number of benzene rings is 1. The summed E-state index contributed by atoms with van der Waals surface area (Å²) in [5.41, 5.74) is 0. The summed E-state index contributed by atoms with van der Waals surface area (Å²) in [6.45, 7) is 9.68. The third kappa shape index (κ3) is 5.66. The molecule has 1 atom stereocenters.